The lowest BCUT2D eigenvalue weighted by Gasteiger charge is -2.22. The van der Waals surface area contributed by atoms with Gasteiger partial charge in [0.25, 0.3) is 5.91 Å². The van der Waals surface area contributed by atoms with E-state index >= 15 is 0 Å². The van der Waals surface area contributed by atoms with E-state index in [0.717, 1.165) is 32.1 Å². The number of aromatic nitrogens is 4. The fraction of sp³-hybridized carbons (Fsp3) is 0.409. The summed E-state index contributed by atoms with van der Waals surface area (Å²) in [6.45, 7) is 1.49. The van der Waals surface area contributed by atoms with Crippen LogP contribution in [-0.2, 0) is 16.1 Å². The lowest BCUT2D eigenvalue weighted by atomic mass is 9.95. The molecule has 1 aromatic carbocycles. The van der Waals surface area contributed by atoms with Crippen LogP contribution in [0.15, 0.2) is 29.1 Å². The number of rotatable bonds is 6. The van der Waals surface area contributed by atoms with Crippen molar-refractivity contribution in [2.24, 2.45) is 5.73 Å². The number of amides is 1. The summed E-state index contributed by atoms with van der Waals surface area (Å²) in [4.78, 5) is 47.1. The van der Waals surface area contributed by atoms with E-state index in [0.29, 0.717) is 10.6 Å². The molecule has 0 aliphatic heterocycles. The summed E-state index contributed by atoms with van der Waals surface area (Å²) in [7, 11) is 0. The number of primary amides is 1. The molecule has 0 atom stereocenters. The molecule has 0 bridgehead atoms. The molecular weight excluding hydrogens is 434 g/mol. The number of hydrogen-bond acceptors (Lipinski definition) is 6. The third-order valence-corrected chi connectivity index (χ3v) is 6.01. The van der Waals surface area contributed by atoms with E-state index in [1.54, 1.807) is 35.8 Å². The topological polar surface area (TPSA) is 122 Å². The zero-order chi connectivity index (χ0) is 22.8. The van der Waals surface area contributed by atoms with Crippen LogP contribution in [0.2, 0.25) is 5.02 Å². The van der Waals surface area contributed by atoms with Gasteiger partial charge in [0.2, 0.25) is 0 Å². The molecule has 32 heavy (non-hydrogen) atoms. The number of carbonyl (C=O) groups excluding carboxylic acids is 2. The van der Waals surface area contributed by atoms with Crippen molar-refractivity contribution in [1.29, 1.82) is 0 Å². The zero-order valence-corrected chi connectivity index (χ0v) is 18.5. The molecule has 3 aromatic rings. The Morgan fingerprint density at radius 2 is 1.91 bits per heavy atom. The van der Waals surface area contributed by atoms with Gasteiger partial charge in [0.1, 0.15) is 12.1 Å². The van der Waals surface area contributed by atoms with E-state index in [9.17, 15) is 14.4 Å². The number of benzene rings is 1. The number of nitrogens with two attached hydrogens (primary N) is 1. The predicted octanol–water partition coefficient (Wildman–Crippen LogP) is 3.08. The summed E-state index contributed by atoms with van der Waals surface area (Å²) in [6.07, 6.45) is 4.66. The van der Waals surface area contributed by atoms with Gasteiger partial charge in [-0.25, -0.2) is 14.8 Å². The van der Waals surface area contributed by atoms with Gasteiger partial charge >= 0.3 is 11.7 Å². The second kappa shape index (κ2) is 9.12. The second-order valence-electron chi connectivity index (χ2n) is 7.75. The van der Waals surface area contributed by atoms with E-state index in [-0.39, 0.29) is 41.9 Å². The van der Waals surface area contributed by atoms with Gasteiger partial charge < -0.3 is 10.5 Å². The first kappa shape index (κ1) is 22.0. The highest BCUT2D eigenvalue weighted by Gasteiger charge is 2.29. The van der Waals surface area contributed by atoms with Gasteiger partial charge in [-0.15, -0.1) is 0 Å². The van der Waals surface area contributed by atoms with Crippen LogP contribution < -0.4 is 11.4 Å². The van der Waals surface area contributed by atoms with Crippen molar-refractivity contribution >= 4 is 34.6 Å². The SMILES string of the molecule is CCOC(=O)Cn1c(=O)n(C2CCCCC2)c2nc(-c3ccccc3Cl)nc(C(N)=O)c21. The first-order valence-electron chi connectivity index (χ1n) is 10.7. The van der Waals surface area contributed by atoms with Crippen molar-refractivity contribution < 1.29 is 14.3 Å². The minimum absolute atomic E-state index is 0.100. The molecule has 1 aliphatic carbocycles. The smallest absolute Gasteiger partial charge is 0.331 e. The van der Waals surface area contributed by atoms with Gasteiger partial charge in [0.05, 0.1) is 11.6 Å². The minimum atomic E-state index is -0.830. The van der Waals surface area contributed by atoms with E-state index in [4.69, 9.17) is 22.1 Å². The fourth-order valence-electron chi connectivity index (χ4n) is 4.26. The Kier molecular flexibility index (Phi) is 6.27. The van der Waals surface area contributed by atoms with Crippen LogP contribution in [-0.4, -0.2) is 37.6 Å². The molecule has 0 saturated heterocycles. The van der Waals surface area contributed by atoms with E-state index in [1.165, 1.54) is 4.57 Å². The molecule has 2 heterocycles. The number of ether oxygens (including phenoxy) is 1. The van der Waals surface area contributed by atoms with Crippen LogP contribution in [0.3, 0.4) is 0 Å². The van der Waals surface area contributed by atoms with Crippen molar-refractivity contribution in [2.45, 2.75) is 51.6 Å². The lowest BCUT2D eigenvalue weighted by molar-refractivity contribution is -0.143. The molecule has 168 valence electrons. The fourth-order valence-corrected chi connectivity index (χ4v) is 4.48. The Balaban J connectivity index is 2.03. The standard InChI is InChI=1S/C22H24ClN5O4/c1-2-32-16(29)12-27-18-17(19(24)30)25-20(14-10-6-7-11-15(14)23)26-21(18)28(22(27)31)13-8-4-3-5-9-13/h6-7,10-11,13H,2-5,8-9,12H2,1H3,(H2,24,30). The maximum Gasteiger partial charge on any atom is 0.331 e. The summed E-state index contributed by atoms with van der Waals surface area (Å²) in [6, 6.07) is 6.87. The van der Waals surface area contributed by atoms with Gasteiger partial charge in [-0.2, -0.15) is 0 Å². The number of hydrogen-bond donors (Lipinski definition) is 1. The van der Waals surface area contributed by atoms with E-state index in [2.05, 4.69) is 9.97 Å². The summed E-state index contributed by atoms with van der Waals surface area (Å²) >= 11 is 6.34. The Morgan fingerprint density at radius 3 is 2.56 bits per heavy atom. The average Bonchev–Trinajstić information content (AvgIpc) is 3.05. The van der Waals surface area contributed by atoms with Crippen molar-refractivity contribution in [3.8, 4) is 11.4 Å². The molecule has 1 amide bonds. The van der Waals surface area contributed by atoms with Gasteiger partial charge in [-0.1, -0.05) is 43.0 Å². The molecule has 4 rings (SSSR count). The monoisotopic (exact) mass is 457 g/mol. The molecule has 2 aromatic heterocycles. The Labute approximate surface area is 189 Å². The van der Waals surface area contributed by atoms with Crippen molar-refractivity contribution in [3.63, 3.8) is 0 Å². The first-order chi connectivity index (χ1) is 15.4. The van der Waals surface area contributed by atoms with Crippen molar-refractivity contribution in [1.82, 2.24) is 19.1 Å². The van der Waals surface area contributed by atoms with Crippen LogP contribution in [0.5, 0.6) is 0 Å². The molecule has 0 spiro atoms. The molecule has 1 aliphatic rings. The lowest BCUT2D eigenvalue weighted by Crippen LogP contribution is -2.31. The van der Waals surface area contributed by atoms with E-state index in [1.807, 2.05) is 0 Å². The predicted molar refractivity (Wildman–Crippen MR) is 120 cm³/mol. The number of nitrogens with zero attached hydrogens (tertiary/aromatic N) is 4. The van der Waals surface area contributed by atoms with Crippen molar-refractivity contribution in [2.75, 3.05) is 6.61 Å². The van der Waals surface area contributed by atoms with Gasteiger partial charge in [-0.05, 0) is 31.9 Å². The number of esters is 1. The highest BCUT2D eigenvalue weighted by Crippen LogP contribution is 2.32. The maximum absolute atomic E-state index is 13.5. The Bertz CT molecular complexity index is 1240. The molecule has 0 radical (unpaired) electrons. The molecule has 1 saturated carbocycles. The average molecular weight is 458 g/mol. The van der Waals surface area contributed by atoms with Crippen LogP contribution in [0.4, 0.5) is 0 Å². The molecule has 0 unspecified atom stereocenters. The highest BCUT2D eigenvalue weighted by molar-refractivity contribution is 6.33. The third kappa shape index (κ3) is 4.00. The van der Waals surface area contributed by atoms with Crippen LogP contribution >= 0.6 is 11.6 Å². The molecule has 10 heteroatoms. The zero-order valence-electron chi connectivity index (χ0n) is 17.7. The number of carbonyl (C=O) groups is 2. The van der Waals surface area contributed by atoms with Crippen LogP contribution in [0.25, 0.3) is 22.6 Å². The number of imidazole rings is 1. The van der Waals surface area contributed by atoms with Gasteiger partial charge in [0.15, 0.2) is 17.2 Å². The largest absolute Gasteiger partial charge is 0.465 e. The quantitative estimate of drug-likeness (QED) is 0.567. The molecule has 1 fully saturated rings. The van der Waals surface area contributed by atoms with Crippen molar-refractivity contribution in [3.05, 3.63) is 45.5 Å². The number of fused-ring (bicyclic) bond motifs is 1. The van der Waals surface area contributed by atoms with Crippen LogP contribution in [0.1, 0.15) is 55.6 Å². The number of halogens is 1. The molecule has 2 N–H and O–H groups in total. The Hall–Kier alpha value is -3.20. The highest BCUT2D eigenvalue weighted by atomic mass is 35.5. The summed E-state index contributed by atoms with van der Waals surface area (Å²) in [5.41, 5.74) is 6.00. The van der Waals surface area contributed by atoms with Gasteiger partial charge in [0, 0.05) is 11.6 Å². The van der Waals surface area contributed by atoms with Gasteiger partial charge in [-0.3, -0.25) is 18.7 Å². The Morgan fingerprint density at radius 1 is 1.19 bits per heavy atom. The third-order valence-electron chi connectivity index (χ3n) is 5.68. The van der Waals surface area contributed by atoms with E-state index < -0.39 is 17.6 Å². The normalized spacial score (nSPS) is 14.6. The second-order valence-corrected chi connectivity index (χ2v) is 8.15. The maximum atomic E-state index is 13.5. The molecular formula is C22H24ClN5O4. The summed E-state index contributed by atoms with van der Waals surface area (Å²) in [5.74, 6) is -1.23. The van der Waals surface area contributed by atoms with Crippen LogP contribution in [0, 0.1) is 0 Å². The summed E-state index contributed by atoms with van der Waals surface area (Å²) in [5, 5.41) is 0.403. The molecule has 9 nitrogen and oxygen atoms in total. The first-order valence-corrected chi connectivity index (χ1v) is 11.0. The summed E-state index contributed by atoms with van der Waals surface area (Å²) < 4.78 is 7.80. The minimum Gasteiger partial charge on any atom is -0.465 e.